The van der Waals surface area contributed by atoms with Crippen LogP contribution in [0, 0.1) is 11.8 Å². The topological polar surface area (TPSA) is 52.1 Å². The molecule has 1 saturated heterocycles. The summed E-state index contributed by atoms with van der Waals surface area (Å²) in [6.45, 7) is 3.73. The fraction of sp³-hybridized carbons (Fsp3) is 0.370. The van der Waals surface area contributed by atoms with Gasteiger partial charge in [-0.3, -0.25) is 14.8 Å². The van der Waals surface area contributed by atoms with Crippen LogP contribution in [0.25, 0.3) is 22.3 Å². The minimum absolute atomic E-state index is 0.125. The van der Waals surface area contributed by atoms with Crippen molar-refractivity contribution >= 4 is 17.4 Å². The first kappa shape index (κ1) is 21.3. The van der Waals surface area contributed by atoms with Gasteiger partial charge in [0.25, 0.3) is 0 Å². The molecular weight excluding hydrogens is 420 g/mol. The van der Waals surface area contributed by atoms with E-state index in [9.17, 15) is 4.79 Å². The second-order valence-electron chi connectivity index (χ2n) is 9.18. The van der Waals surface area contributed by atoms with Gasteiger partial charge < -0.3 is 4.74 Å². The third kappa shape index (κ3) is 4.35. The molecule has 32 heavy (non-hydrogen) atoms. The van der Waals surface area contributed by atoms with E-state index >= 15 is 0 Å². The Morgan fingerprint density at radius 1 is 0.969 bits per heavy atom. The Bertz CT molecular complexity index is 1130. The summed E-state index contributed by atoms with van der Waals surface area (Å²) in [4.78, 5) is 21.9. The molecule has 3 heterocycles. The number of pyridine rings is 2. The van der Waals surface area contributed by atoms with Gasteiger partial charge in [0, 0.05) is 63.4 Å². The lowest BCUT2D eigenvalue weighted by atomic mass is 9.79. The van der Waals surface area contributed by atoms with E-state index in [-0.39, 0.29) is 11.7 Å². The van der Waals surface area contributed by atoms with Crippen molar-refractivity contribution in [3.05, 3.63) is 71.3 Å². The Hall–Kier alpha value is -2.56. The first-order chi connectivity index (χ1) is 15.6. The highest BCUT2D eigenvalue weighted by Gasteiger charge is 2.26. The first-order valence-corrected chi connectivity index (χ1v) is 11.8. The second-order valence-corrected chi connectivity index (χ2v) is 9.59. The zero-order valence-electron chi connectivity index (χ0n) is 18.3. The number of carbonyl (C=O) groups excluding carboxylic acids is 1. The quantitative estimate of drug-likeness (QED) is 0.415. The Morgan fingerprint density at radius 3 is 2.47 bits per heavy atom. The molecule has 1 aliphatic carbocycles. The van der Waals surface area contributed by atoms with Crippen molar-refractivity contribution in [3.8, 4) is 22.3 Å². The second kappa shape index (κ2) is 9.13. The minimum atomic E-state index is 0.125. The molecule has 1 saturated carbocycles. The molecule has 2 aromatic heterocycles. The Kier molecular flexibility index (Phi) is 6.07. The van der Waals surface area contributed by atoms with E-state index in [1.165, 1.54) is 0 Å². The van der Waals surface area contributed by atoms with E-state index in [1.54, 1.807) is 0 Å². The molecule has 164 valence electrons. The molecule has 0 atom stereocenters. The number of aromatic nitrogens is 2. The van der Waals surface area contributed by atoms with Gasteiger partial charge in [-0.2, -0.15) is 0 Å². The number of hydrogen-bond donors (Lipinski definition) is 0. The molecular formula is C27H27ClN2O2. The fourth-order valence-corrected chi connectivity index (χ4v) is 4.95. The third-order valence-electron chi connectivity index (χ3n) is 6.86. The third-order valence-corrected chi connectivity index (χ3v) is 7.17. The number of halogens is 1. The van der Waals surface area contributed by atoms with Crippen LogP contribution in [0.4, 0.5) is 0 Å². The van der Waals surface area contributed by atoms with Crippen LogP contribution in [-0.2, 0) is 4.74 Å². The van der Waals surface area contributed by atoms with Gasteiger partial charge >= 0.3 is 0 Å². The number of nitrogens with zero attached hydrogens (tertiary/aromatic N) is 2. The van der Waals surface area contributed by atoms with Crippen molar-refractivity contribution in [3.63, 3.8) is 0 Å². The van der Waals surface area contributed by atoms with Gasteiger partial charge in [-0.25, -0.2) is 0 Å². The zero-order chi connectivity index (χ0) is 22.1. The molecule has 3 aromatic rings. The number of carbonyl (C=O) groups is 1. The molecule has 5 heteroatoms. The summed E-state index contributed by atoms with van der Waals surface area (Å²) in [5, 5.41) is 0.584. The molecule has 2 fully saturated rings. The number of Topliss-reactive ketones (excluding diaryl/α,β-unsaturated/α-hetero) is 1. The van der Waals surface area contributed by atoms with Gasteiger partial charge in [0.2, 0.25) is 0 Å². The van der Waals surface area contributed by atoms with Gasteiger partial charge in [-0.1, -0.05) is 43.5 Å². The molecule has 0 bridgehead atoms. The number of rotatable bonds is 5. The van der Waals surface area contributed by atoms with Crippen molar-refractivity contribution < 1.29 is 9.53 Å². The summed E-state index contributed by atoms with van der Waals surface area (Å²) in [5.74, 6) is 1.45. The fourth-order valence-electron chi connectivity index (χ4n) is 4.66. The average molecular weight is 447 g/mol. The largest absolute Gasteiger partial charge is 0.380 e. The highest BCUT2D eigenvalue weighted by molar-refractivity contribution is 6.33. The van der Waals surface area contributed by atoms with Crippen LogP contribution in [0.3, 0.4) is 0 Å². The van der Waals surface area contributed by atoms with E-state index in [4.69, 9.17) is 16.3 Å². The van der Waals surface area contributed by atoms with Gasteiger partial charge in [0.1, 0.15) is 0 Å². The van der Waals surface area contributed by atoms with E-state index in [0.29, 0.717) is 16.5 Å². The van der Waals surface area contributed by atoms with Crippen molar-refractivity contribution in [1.82, 2.24) is 9.97 Å². The maximum Gasteiger partial charge on any atom is 0.165 e. The highest BCUT2D eigenvalue weighted by atomic mass is 35.5. The van der Waals surface area contributed by atoms with Crippen LogP contribution in [0.15, 0.2) is 55.0 Å². The summed E-state index contributed by atoms with van der Waals surface area (Å²) < 4.78 is 5.30. The van der Waals surface area contributed by atoms with Crippen LogP contribution in [0.5, 0.6) is 0 Å². The number of hydrogen-bond acceptors (Lipinski definition) is 4. The van der Waals surface area contributed by atoms with Gasteiger partial charge in [0.15, 0.2) is 5.78 Å². The van der Waals surface area contributed by atoms with Crippen LogP contribution in [-0.4, -0.2) is 29.0 Å². The summed E-state index contributed by atoms with van der Waals surface area (Å²) >= 11 is 6.66. The van der Waals surface area contributed by atoms with Gasteiger partial charge in [0.05, 0.1) is 13.2 Å². The summed E-state index contributed by atoms with van der Waals surface area (Å²) in [5.41, 5.74) is 5.67. The zero-order valence-corrected chi connectivity index (χ0v) is 19.0. The summed E-state index contributed by atoms with van der Waals surface area (Å²) in [7, 11) is 0. The molecule has 0 radical (unpaired) electrons. The first-order valence-electron chi connectivity index (χ1n) is 11.4. The molecule has 5 rings (SSSR count). The van der Waals surface area contributed by atoms with Crippen molar-refractivity contribution in [2.75, 3.05) is 13.2 Å². The number of benzene rings is 1. The Balaban J connectivity index is 1.39. The number of ether oxygens (including phenoxy) is 1. The van der Waals surface area contributed by atoms with Gasteiger partial charge in [-0.05, 0) is 48.6 Å². The van der Waals surface area contributed by atoms with Crippen LogP contribution < -0.4 is 0 Å². The van der Waals surface area contributed by atoms with Crippen LogP contribution >= 0.6 is 11.6 Å². The predicted molar refractivity (Wildman–Crippen MR) is 127 cm³/mol. The molecule has 0 unspecified atom stereocenters. The Morgan fingerprint density at radius 2 is 1.75 bits per heavy atom. The number of ketones is 1. The van der Waals surface area contributed by atoms with Gasteiger partial charge in [-0.15, -0.1) is 0 Å². The lowest BCUT2D eigenvalue weighted by Crippen LogP contribution is -2.25. The molecule has 2 aliphatic rings. The molecule has 1 aromatic carbocycles. The smallest absolute Gasteiger partial charge is 0.165 e. The van der Waals surface area contributed by atoms with E-state index < -0.39 is 0 Å². The van der Waals surface area contributed by atoms with Crippen molar-refractivity contribution in [2.24, 2.45) is 11.8 Å². The lowest BCUT2D eigenvalue weighted by molar-refractivity contribution is 0.00674. The average Bonchev–Trinajstić information content (AvgIpc) is 2.78. The lowest BCUT2D eigenvalue weighted by Gasteiger charge is -2.25. The standard InChI is InChI=1S/C27H27ClN2O2/c1-17-2-4-18(5-3-17)27(31)20-6-7-24(25(28)11-20)22-10-21(13-29-14-22)19-8-9-30-26(12-19)23-15-32-16-23/h6-14,17-18,23H,2-5,15-16H2,1H3. The summed E-state index contributed by atoms with van der Waals surface area (Å²) in [6.07, 6.45) is 9.73. The maximum absolute atomic E-state index is 13.0. The minimum Gasteiger partial charge on any atom is -0.380 e. The molecule has 4 nitrogen and oxygen atoms in total. The Labute approximate surface area is 194 Å². The normalized spacial score (nSPS) is 21.2. The van der Waals surface area contributed by atoms with Crippen LogP contribution in [0.1, 0.15) is 54.6 Å². The highest BCUT2D eigenvalue weighted by Crippen LogP contribution is 2.35. The van der Waals surface area contributed by atoms with E-state index in [2.05, 4.69) is 29.0 Å². The monoisotopic (exact) mass is 446 g/mol. The molecule has 0 N–H and O–H groups in total. The van der Waals surface area contributed by atoms with E-state index in [1.807, 2.05) is 42.9 Å². The van der Waals surface area contributed by atoms with Crippen molar-refractivity contribution in [1.29, 1.82) is 0 Å². The molecule has 0 amide bonds. The molecule has 0 spiro atoms. The molecule has 1 aliphatic heterocycles. The van der Waals surface area contributed by atoms with Crippen LogP contribution in [0.2, 0.25) is 5.02 Å². The predicted octanol–water partition coefficient (Wildman–Crippen LogP) is 6.59. The van der Waals surface area contributed by atoms with Crippen molar-refractivity contribution in [2.45, 2.75) is 38.5 Å². The summed E-state index contributed by atoms with van der Waals surface area (Å²) in [6, 6.07) is 11.9. The maximum atomic E-state index is 13.0. The SMILES string of the molecule is CC1CCC(C(=O)c2ccc(-c3cncc(-c4ccnc(C5COC5)c4)c3)c(Cl)c2)CC1. The van der Waals surface area contributed by atoms with E-state index in [0.717, 1.165) is 72.8 Å².